The summed E-state index contributed by atoms with van der Waals surface area (Å²) >= 11 is 0. The summed E-state index contributed by atoms with van der Waals surface area (Å²) in [6, 6.07) is 0. The van der Waals surface area contributed by atoms with Crippen LogP contribution in [0.3, 0.4) is 0 Å². The molecule has 0 unspecified atom stereocenters. The monoisotopic (exact) mass is 298 g/mol. The van der Waals surface area contributed by atoms with Crippen molar-refractivity contribution in [3.05, 3.63) is 22.1 Å². The number of esters is 1. The van der Waals surface area contributed by atoms with Crippen molar-refractivity contribution >= 4 is 17.7 Å². The van der Waals surface area contributed by atoms with E-state index in [1.807, 2.05) is 0 Å². The minimum absolute atomic E-state index is 0.179. The Morgan fingerprint density at radius 1 is 1.52 bits per heavy atom. The summed E-state index contributed by atoms with van der Waals surface area (Å²) in [6.45, 7) is 3.76. The summed E-state index contributed by atoms with van der Waals surface area (Å²) in [4.78, 5) is 36.8. The number of ether oxygens (including phenoxy) is 1. The van der Waals surface area contributed by atoms with E-state index >= 15 is 0 Å². The number of nitro groups is 1. The maximum atomic E-state index is 11.7. The molecule has 0 fully saturated rings. The molecule has 9 nitrogen and oxygen atoms in total. The topological polar surface area (TPSA) is 116 Å². The Labute approximate surface area is 121 Å². The van der Waals surface area contributed by atoms with Crippen LogP contribution in [0.2, 0.25) is 0 Å². The Kier molecular flexibility index (Phi) is 6.31. The van der Waals surface area contributed by atoms with Crippen LogP contribution in [0.1, 0.15) is 25.6 Å². The van der Waals surface area contributed by atoms with Crippen LogP contribution >= 0.6 is 0 Å². The number of nitrogens with zero attached hydrogens (tertiary/aromatic N) is 3. The smallest absolute Gasteiger partial charge is 0.343 e. The minimum atomic E-state index is -0.589. The lowest BCUT2D eigenvalue weighted by Gasteiger charge is -2.05. The van der Waals surface area contributed by atoms with Gasteiger partial charge in [-0.25, -0.2) is 9.55 Å². The number of aryl methyl sites for hydroxylation is 1. The quantitative estimate of drug-likeness (QED) is 0.324. The predicted octanol–water partition coefficient (Wildman–Crippen LogP) is 0.559. The van der Waals surface area contributed by atoms with Crippen LogP contribution in [0, 0.1) is 17.0 Å². The van der Waals surface area contributed by atoms with Gasteiger partial charge >= 0.3 is 11.8 Å². The molecule has 1 rings (SSSR count). The zero-order valence-electron chi connectivity index (χ0n) is 12.0. The number of carbonyl (C=O) groups is 2. The molecule has 1 aromatic rings. The summed E-state index contributed by atoms with van der Waals surface area (Å²) in [7, 11) is 0. The molecule has 9 heteroatoms. The highest BCUT2D eigenvalue weighted by atomic mass is 16.6. The lowest BCUT2D eigenvalue weighted by Crippen LogP contribution is -2.29. The number of carbonyl (C=O) groups excluding carboxylic acids is 2. The van der Waals surface area contributed by atoms with Crippen molar-refractivity contribution < 1.29 is 19.2 Å². The predicted molar refractivity (Wildman–Crippen MR) is 72.5 cm³/mol. The van der Waals surface area contributed by atoms with Gasteiger partial charge in [-0.2, -0.15) is 0 Å². The second kappa shape index (κ2) is 7.98. The van der Waals surface area contributed by atoms with Crippen LogP contribution in [-0.2, 0) is 20.9 Å². The normalized spacial score (nSPS) is 10.2. The summed E-state index contributed by atoms with van der Waals surface area (Å²) in [5.74, 6) is -0.520. The van der Waals surface area contributed by atoms with Crippen LogP contribution in [0.25, 0.3) is 0 Å². The van der Waals surface area contributed by atoms with E-state index in [9.17, 15) is 19.7 Å². The molecule has 0 atom stereocenters. The van der Waals surface area contributed by atoms with Crippen molar-refractivity contribution in [3.8, 4) is 0 Å². The Morgan fingerprint density at radius 3 is 2.86 bits per heavy atom. The van der Waals surface area contributed by atoms with Crippen molar-refractivity contribution in [1.29, 1.82) is 0 Å². The zero-order chi connectivity index (χ0) is 15.8. The summed E-state index contributed by atoms with van der Waals surface area (Å²) < 4.78 is 5.98. The van der Waals surface area contributed by atoms with Crippen LogP contribution in [0.4, 0.5) is 5.82 Å². The van der Waals surface area contributed by atoms with E-state index in [2.05, 4.69) is 10.3 Å². The van der Waals surface area contributed by atoms with Crippen molar-refractivity contribution in [2.75, 3.05) is 13.2 Å². The van der Waals surface area contributed by atoms with E-state index in [4.69, 9.17) is 4.74 Å². The van der Waals surface area contributed by atoms with Gasteiger partial charge in [-0.05, 0) is 18.3 Å². The maximum absolute atomic E-state index is 11.7. The fraction of sp³-hybridized carbons (Fsp3) is 0.583. The molecule has 0 bridgehead atoms. The van der Waals surface area contributed by atoms with Gasteiger partial charge in [0.15, 0.2) is 12.4 Å². The largest absolute Gasteiger partial charge is 0.466 e. The van der Waals surface area contributed by atoms with E-state index in [1.54, 1.807) is 13.8 Å². The summed E-state index contributed by atoms with van der Waals surface area (Å²) in [5, 5.41) is 13.4. The van der Waals surface area contributed by atoms with Gasteiger partial charge in [0.1, 0.15) is 6.20 Å². The molecule has 0 aliphatic rings. The first-order valence-corrected chi connectivity index (χ1v) is 6.54. The SMILES string of the molecule is CCOC(=O)CCCNC(=O)Cn1c([N+](=O)[O-])cnc1C. The van der Waals surface area contributed by atoms with Crippen molar-refractivity contribution in [3.63, 3.8) is 0 Å². The number of hydrogen-bond acceptors (Lipinski definition) is 6. The number of rotatable bonds is 8. The first-order valence-electron chi connectivity index (χ1n) is 6.54. The van der Waals surface area contributed by atoms with E-state index in [1.165, 1.54) is 4.57 Å². The zero-order valence-corrected chi connectivity index (χ0v) is 12.0. The number of nitrogens with one attached hydrogen (secondary N) is 1. The molecule has 1 N–H and O–H groups in total. The molecule has 0 saturated heterocycles. The Hall–Kier alpha value is -2.45. The number of hydrogen-bond donors (Lipinski definition) is 1. The van der Waals surface area contributed by atoms with Crippen molar-refractivity contribution in [2.24, 2.45) is 0 Å². The lowest BCUT2D eigenvalue weighted by atomic mass is 10.3. The van der Waals surface area contributed by atoms with Gasteiger partial charge < -0.3 is 20.2 Å². The average Bonchev–Trinajstić information content (AvgIpc) is 2.77. The standard InChI is InChI=1S/C12H18N4O5/c1-3-21-12(18)5-4-6-13-10(17)8-15-9(2)14-7-11(15)16(19)20/h7H,3-6,8H2,1-2H3,(H,13,17). The van der Waals surface area contributed by atoms with Crippen LogP contribution in [-0.4, -0.2) is 39.5 Å². The van der Waals surface area contributed by atoms with Gasteiger partial charge in [0.05, 0.1) is 6.61 Å². The van der Waals surface area contributed by atoms with Crippen molar-refractivity contribution in [2.45, 2.75) is 33.2 Å². The molecule has 0 spiro atoms. The minimum Gasteiger partial charge on any atom is -0.466 e. The molecule has 1 heterocycles. The van der Waals surface area contributed by atoms with Gasteiger partial charge in [-0.3, -0.25) is 9.59 Å². The molecule has 0 aromatic carbocycles. The number of amides is 1. The average molecular weight is 298 g/mol. The number of imidazole rings is 1. The summed E-state index contributed by atoms with van der Waals surface area (Å²) in [6.07, 6.45) is 1.79. The molecule has 21 heavy (non-hydrogen) atoms. The number of aromatic nitrogens is 2. The van der Waals surface area contributed by atoms with E-state index in [0.717, 1.165) is 6.20 Å². The molecule has 0 aliphatic heterocycles. The Balaban J connectivity index is 2.39. The Bertz CT molecular complexity index is 526. The van der Waals surface area contributed by atoms with Gasteiger partial charge in [-0.1, -0.05) is 0 Å². The van der Waals surface area contributed by atoms with Gasteiger partial charge in [0, 0.05) is 19.9 Å². The summed E-state index contributed by atoms with van der Waals surface area (Å²) in [5.41, 5.74) is 0. The van der Waals surface area contributed by atoms with Gasteiger partial charge in [0.25, 0.3) is 5.91 Å². The third-order valence-corrected chi connectivity index (χ3v) is 2.71. The first-order chi connectivity index (χ1) is 9.95. The second-order valence-corrected chi connectivity index (χ2v) is 4.27. The van der Waals surface area contributed by atoms with Crippen LogP contribution in [0.5, 0.6) is 0 Å². The van der Waals surface area contributed by atoms with E-state index in [-0.39, 0.29) is 30.7 Å². The molecule has 1 aromatic heterocycles. The van der Waals surface area contributed by atoms with Crippen molar-refractivity contribution in [1.82, 2.24) is 14.9 Å². The molecular formula is C12H18N4O5. The third-order valence-electron chi connectivity index (χ3n) is 2.71. The fourth-order valence-electron chi connectivity index (χ4n) is 1.69. The highest BCUT2D eigenvalue weighted by molar-refractivity contribution is 5.76. The van der Waals surface area contributed by atoms with Gasteiger partial charge in [-0.15, -0.1) is 0 Å². The fourth-order valence-corrected chi connectivity index (χ4v) is 1.69. The third kappa shape index (κ3) is 5.21. The maximum Gasteiger partial charge on any atom is 0.343 e. The van der Waals surface area contributed by atoms with Crippen LogP contribution < -0.4 is 5.32 Å². The molecule has 0 aliphatic carbocycles. The Morgan fingerprint density at radius 2 is 2.24 bits per heavy atom. The van der Waals surface area contributed by atoms with E-state index in [0.29, 0.717) is 25.4 Å². The molecule has 0 saturated carbocycles. The van der Waals surface area contributed by atoms with Gasteiger partial charge in [0.2, 0.25) is 0 Å². The van der Waals surface area contributed by atoms with E-state index < -0.39 is 4.92 Å². The molecule has 0 radical (unpaired) electrons. The van der Waals surface area contributed by atoms with Crippen LogP contribution in [0.15, 0.2) is 6.20 Å². The molecular weight excluding hydrogens is 280 g/mol. The first kappa shape index (κ1) is 16.6. The highest BCUT2D eigenvalue weighted by Crippen LogP contribution is 2.12. The lowest BCUT2D eigenvalue weighted by molar-refractivity contribution is -0.392. The molecule has 116 valence electrons. The molecule has 1 amide bonds. The highest BCUT2D eigenvalue weighted by Gasteiger charge is 2.19. The second-order valence-electron chi connectivity index (χ2n) is 4.27.